The summed E-state index contributed by atoms with van der Waals surface area (Å²) in [7, 11) is -2.41. The highest BCUT2D eigenvalue weighted by Crippen LogP contribution is 2.32. The molecule has 1 saturated heterocycles. The molecule has 29 heavy (non-hydrogen) atoms. The van der Waals surface area contributed by atoms with Crippen LogP contribution in [0.3, 0.4) is 0 Å². The van der Waals surface area contributed by atoms with Gasteiger partial charge in [0.2, 0.25) is 15.8 Å². The second kappa shape index (κ2) is 7.80. The zero-order valence-corrected chi connectivity index (χ0v) is 16.7. The van der Waals surface area contributed by atoms with Crippen LogP contribution in [-0.4, -0.2) is 43.7 Å². The number of pyridine rings is 1. The minimum absolute atomic E-state index is 0.0689. The number of nitrogens with zero attached hydrogens (tertiary/aromatic N) is 4. The van der Waals surface area contributed by atoms with Crippen molar-refractivity contribution in [1.82, 2.24) is 15.1 Å². The third-order valence-corrected chi connectivity index (χ3v) is 5.75. The Balaban J connectivity index is 1.63. The molecule has 9 nitrogen and oxygen atoms in total. The van der Waals surface area contributed by atoms with Gasteiger partial charge in [0.1, 0.15) is 11.6 Å². The number of ether oxygens (including phenoxy) is 1. The molecular formula is C19H21N5O4S. The lowest BCUT2D eigenvalue weighted by atomic mass is 10.1. The highest BCUT2D eigenvalue weighted by atomic mass is 32.2. The molecular weight excluding hydrogens is 394 g/mol. The van der Waals surface area contributed by atoms with Gasteiger partial charge in [0.05, 0.1) is 17.6 Å². The summed E-state index contributed by atoms with van der Waals surface area (Å²) in [5, 5.41) is 9.22. The van der Waals surface area contributed by atoms with Crippen LogP contribution in [0.2, 0.25) is 0 Å². The summed E-state index contributed by atoms with van der Waals surface area (Å²) in [6, 6.07) is 8.04. The monoisotopic (exact) mass is 415 g/mol. The van der Waals surface area contributed by atoms with Crippen molar-refractivity contribution in [3.8, 4) is 28.6 Å². The Bertz CT molecular complexity index is 1110. The van der Waals surface area contributed by atoms with Crippen molar-refractivity contribution in [1.29, 1.82) is 0 Å². The molecule has 0 aliphatic carbocycles. The second-order valence-corrected chi connectivity index (χ2v) is 8.34. The van der Waals surface area contributed by atoms with Crippen molar-refractivity contribution in [2.45, 2.75) is 24.2 Å². The molecule has 0 atom stereocenters. The Hall–Kier alpha value is -2.98. The normalized spacial score (nSPS) is 14.8. The first-order chi connectivity index (χ1) is 14.0. The molecule has 152 valence electrons. The highest BCUT2D eigenvalue weighted by Gasteiger charge is 2.19. The van der Waals surface area contributed by atoms with Crippen LogP contribution in [-0.2, 0) is 10.0 Å². The summed E-state index contributed by atoms with van der Waals surface area (Å²) >= 11 is 0. The fraction of sp³-hybridized carbons (Fsp3) is 0.316. The highest BCUT2D eigenvalue weighted by molar-refractivity contribution is 7.89. The van der Waals surface area contributed by atoms with E-state index in [0.717, 1.165) is 18.9 Å². The maximum Gasteiger partial charge on any atom is 0.262 e. The van der Waals surface area contributed by atoms with Crippen molar-refractivity contribution >= 4 is 15.8 Å². The zero-order valence-electron chi connectivity index (χ0n) is 15.9. The van der Waals surface area contributed by atoms with Crippen LogP contribution in [0.25, 0.3) is 22.8 Å². The Labute approximate surface area is 168 Å². The molecule has 1 fully saturated rings. The third-order valence-electron chi connectivity index (χ3n) is 4.84. The largest absolute Gasteiger partial charge is 0.496 e. The number of piperidine rings is 1. The molecule has 0 amide bonds. The number of nitrogens with two attached hydrogens (primary N) is 1. The molecule has 10 heteroatoms. The number of rotatable bonds is 5. The summed E-state index contributed by atoms with van der Waals surface area (Å²) in [5.41, 5.74) is 1.04. The molecule has 1 aliphatic rings. The first kappa shape index (κ1) is 19.3. The van der Waals surface area contributed by atoms with Gasteiger partial charge in [-0.15, -0.1) is 0 Å². The van der Waals surface area contributed by atoms with Gasteiger partial charge >= 0.3 is 0 Å². The molecule has 0 bridgehead atoms. The van der Waals surface area contributed by atoms with Crippen LogP contribution in [0, 0.1) is 0 Å². The van der Waals surface area contributed by atoms with E-state index in [4.69, 9.17) is 14.4 Å². The molecule has 2 aromatic heterocycles. The van der Waals surface area contributed by atoms with Gasteiger partial charge in [0.15, 0.2) is 0 Å². The summed E-state index contributed by atoms with van der Waals surface area (Å²) in [6.45, 7) is 2.03. The van der Waals surface area contributed by atoms with Gasteiger partial charge in [-0.1, -0.05) is 5.16 Å². The molecule has 0 spiro atoms. The summed E-state index contributed by atoms with van der Waals surface area (Å²) < 4.78 is 34.0. The van der Waals surface area contributed by atoms with Gasteiger partial charge in [-0.05, 0) is 49.6 Å². The molecule has 1 aromatic carbocycles. The summed E-state index contributed by atoms with van der Waals surface area (Å²) in [5.74, 6) is 1.80. The average Bonchev–Trinajstić information content (AvgIpc) is 3.23. The fourth-order valence-electron chi connectivity index (χ4n) is 3.31. The molecule has 2 N–H and O–H groups in total. The molecule has 0 saturated carbocycles. The quantitative estimate of drug-likeness (QED) is 0.674. The molecule has 0 unspecified atom stereocenters. The van der Waals surface area contributed by atoms with E-state index in [1.807, 2.05) is 12.1 Å². The number of methoxy groups -OCH3 is 1. The van der Waals surface area contributed by atoms with Crippen molar-refractivity contribution < 1.29 is 17.7 Å². The maximum absolute atomic E-state index is 11.7. The molecule has 0 radical (unpaired) electrons. The topological polar surface area (TPSA) is 124 Å². The van der Waals surface area contributed by atoms with E-state index in [2.05, 4.69) is 20.0 Å². The number of hydrogen-bond acceptors (Lipinski definition) is 8. The van der Waals surface area contributed by atoms with E-state index in [1.165, 1.54) is 44.6 Å². The zero-order chi connectivity index (χ0) is 20.4. The lowest BCUT2D eigenvalue weighted by Gasteiger charge is -2.27. The number of primary sulfonamides is 1. The van der Waals surface area contributed by atoms with Crippen LogP contribution >= 0.6 is 0 Å². The molecule has 1 aliphatic heterocycles. The number of aromatic nitrogens is 3. The maximum atomic E-state index is 11.7. The number of hydrogen-bond donors (Lipinski definition) is 1. The second-order valence-electron chi connectivity index (χ2n) is 6.78. The smallest absolute Gasteiger partial charge is 0.262 e. The molecule has 4 rings (SSSR count). The Morgan fingerprint density at radius 3 is 2.59 bits per heavy atom. The lowest BCUT2D eigenvalue weighted by molar-refractivity contribution is 0.405. The Kier molecular flexibility index (Phi) is 5.20. The van der Waals surface area contributed by atoms with Gasteiger partial charge in [-0.2, -0.15) is 4.98 Å². The van der Waals surface area contributed by atoms with Crippen LogP contribution in [0.5, 0.6) is 5.75 Å². The van der Waals surface area contributed by atoms with E-state index < -0.39 is 10.0 Å². The Morgan fingerprint density at radius 1 is 1.14 bits per heavy atom. The predicted molar refractivity (Wildman–Crippen MR) is 107 cm³/mol. The van der Waals surface area contributed by atoms with Crippen LogP contribution in [0.4, 0.5) is 5.82 Å². The van der Waals surface area contributed by atoms with Crippen molar-refractivity contribution in [2.24, 2.45) is 5.14 Å². The van der Waals surface area contributed by atoms with Crippen molar-refractivity contribution in [2.75, 3.05) is 25.1 Å². The standard InChI is InChI=1S/C19H21N5O4S/c1-27-16-7-6-14(29(20,25)26)11-15(16)19-22-18(23-28-19)13-5-8-17(21-12-13)24-9-3-2-4-10-24/h5-8,11-12H,2-4,9-10H2,1H3,(H2,20,25,26). The first-order valence-electron chi connectivity index (χ1n) is 9.22. The van der Waals surface area contributed by atoms with Gasteiger partial charge in [-0.3, -0.25) is 0 Å². The SMILES string of the molecule is COc1ccc(S(N)(=O)=O)cc1-c1nc(-c2ccc(N3CCCCC3)nc2)no1. The summed E-state index contributed by atoms with van der Waals surface area (Å²) in [6.07, 6.45) is 5.32. The third kappa shape index (κ3) is 4.08. The van der Waals surface area contributed by atoms with Crippen molar-refractivity contribution in [3.05, 3.63) is 36.5 Å². The molecule has 3 aromatic rings. The van der Waals surface area contributed by atoms with Gasteiger partial charge in [-0.25, -0.2) is 18.5 Å². The predicted octanol–water partition coefficient (Wildman–Crippen LogP) is 2.44. The fourth-order valence-corrected chi connectivity index (χ4v) is 3.85. The first-order valence-corrected chi connectivity index (χ1v) is 10.8. The minimum Gasteiger partial charge on any atom is -0.496 e. The number of benzene rings is 1. The van der Waals surface area contributed by atoms with Gasteiger partial charge < -0.3 is 14.2 Å². The van der Waals surface area contributed by atoms with E-state index in [0.29, 0.717) is 22.7 Å². The van der Waals surface area contributed by atoms with Gasteiger partial charge in [0, 0.05) is 24.8 Å². The van der Waals surface area contributed by atoms with Crippen LogP contribution < -0.4 is 14.8 Å². The van der Waals surface area contributed by atoms with E-state index in [9.17, 15) is 8.42 Å². The van der Waals surface area contributed by atoms with E-state index in [1.54, 1.807) is 6.20 Å². The van der Waals surface area contributed by atoms with Crippen LogP contribution in [0.15, 0.2) is 45.9 Å². The van der Waals surface area contributed by atoms with Crippen molar-refractivity contribution in [3.63, 3.8) is 0 Å². The Morgan fingerprint density at radius 2 is 1.93 bits per heavy atom. The van der Waals surface area contributed by atoms with E-state index >= 15 is 0 Å². The van der Waals surface area contributed by atoms with Gasteiger partial charge in [0.25, 0.3) is 5.89 Å². The lowest BCUT2D eigenvalue weighted by Crippen LogP contribution is -2.29. The summed E-state index contributed by atoms with van der Waals surface area (Å²) in [4.78, 5) is 11.1. The minimum atomic E-state index is -3.88. The number of sulfonamides is 1. The van der Waals surface area contributed by atoms with Crippen LogP contribution in [0.1, 0.15) is 19.3 Å². The number of anilines is 1. The molecule has 3 heterocycles. The van der Waals surface area contributed by atoms with E-state index in [-0.39, 0.29) is 10.8 Å². The average molecular weight is 415 g/mol.